The molecule has 1 aromatic heterocycles. The van der Waals surface area contributed by atoms with Gasteiger partial charge >= 0.3 is 0 Å². The summed E-state index contributed by atoms with van der Waals surface area (Å²) in [5.74, 6) is 1.11. The van der Waals surface area contributed by atoms with E-state index in [9.17, 15) is 0 Å². The summed E-state index contributed by atoms with van der Waals surface area (Å²) < 4.78 is 5.46. The molecule has 3 heteroatoms. The molecule has 18 heavy (non-hydrogen) atoms. The van der Waals surface area contributed by atoms with Crippen molar-refractivity contribution < 1.29 is 4.42 Å². The zero-order valence-electron chi connectivity index (χ0n) is 11.1. The molecule has 0 radical (unpaired) electrons. The maximum Gasteiger partial charge on any atom is 0.117 e. The molecule has 0 saturated heterocycles. The largest absolute Gasteiger partial charge is 0.468 e. The summed E-state index contributed by atoms with van der Waals surface area (Å²) in [7, 11) is 0. The first-order chi connectivity index (χ1) is 8.92. The summed E-state index contributed by atoms with van der Waals surface area (Å²) >= 11 is 0. The standard InChI is InChI=1S/C15H24N2O/c1(9-16-13-5-6-13)2-10-17(14-7-8-14)12-15-4-3-11-18-15/h3-4,11,13-14,16H,1-2,5-10,12H2. The minimum Gasteiger partial charge on any atom is -0.468 e. The van der Waals surface area contributed by atoms with E-state index in [1.165, 1.54) is 51.6 Å². The van der Waals surface area contributed by atoms with Gasteiger partial charge in [-0.05, 0) is 63.7 Å². The van der Waals surface area contributed by atoms with Crippen LogP contribution in [0.3, 0.4) is 0 Å². The second kappa shape index (κ2) is 5.89. The Hall–Kier alpha value is -0.800. The first-order valence-corrected chi connectivity index (χ1v) is 7.41. The fraction of sp³-hybridized carbons (Fsp3) is 0.733. The summed E-state index contributed by atoms with van der Waals surface area (Å²) in [4.78, 5) is 2.59. The van der Waals surface area contributed by atoms with Crippen LogP contribution in [0, 0.1) is 0 Å². The molecule has 3 nitrogen and oxygen atoms in total. The van der Waals surface area contributed by atoms with Crippen molar-refractivity contribution in [1.82, 2.24) is 10.2 Å². The van der Waals surface area contributed by atoms with Crippen molar-refractivity contribution in [2.75, 3.05) is 13.1 Å². The molecular formula is C15H24N2O. The summed E-state index contributed by atoms with van der Waals surface area (Å²) in [6, 6.07) is 5.75. The Labute approximate surface area is 110 Å². The second-order valence-electron chi connectivity index (χ2n) is 5.72. The molecule has 3 rings (SSSR count). The number of hydrogen-bond donors (Lipinski definition) is 1. The first kappa shape index (κ1) is 12.2. The molecule has 0 aromatic carbocycles. The van der Waals surface area contributed by atoms with Gasteiger partial charge in [0.15, 0.2) is 0 Å². The van der Waals surface area contributed by atoms with Crippen LogP contribution >= 0.6 is 0 Å². The maximum absolute atomic E-state index is 5.46. The molecule has 100 valence electrons. The van der Waals surface area contributed by atoms with Crippen LogP contribution in [-0.2, 0) is 6.54 Å². The molecule has 1 heterocycles. The van der Waals surface area contributed by atoms with Crippen LogP contribution in [0.5, 0.6) is 0 Å². The Bertz CT molecular complexity index is 341. The van der Waals surface area contributed by atoms with E-state index in [2.05, 4.69) is 16.3 Å². The monoisotopic (exact) mass is 248 g/mol. The van der Waals surface area contributed by atoms with Crippen LogP contribution in [0.25, 0.3) is 0 Å². The van der Waals surface area contributed by atoms with Gasteiger partial charge in [0.2, 0.25) is 0 Å². The van der Waals surface area contributed by atoms with Crippen LogP contribution in [0.1, 0.15) is 44.3 Å². The smallest absolute Gasteiger partial charge is 0.117 e. The lowest BCUT2D eigenvalue weighted by atomic mass is 10.2. The van der Waals surface area contributed by atoms with E-state index in [1.54, 1.807) is 6.26 Å². The van der Waals surface area contributed by atoms with Gasteiger partial charge in [0.25, 0.3) is 0 Å². The van der Waals surface area contributed by atoms with E-state index in [4.69, 9.17) is 4.42 Å². The van der Waals surface area contributed by atoms with Gasteiger partial charge < -0.3 is 9.73 Å². The highest BCUT2D eigenvalue weighted by atomic mass is 16.3. The van der Waals surface area contributed by atoms with Crippen LogP contribution in [0.4, 0.5) is 0 Å². The Morgan fingerprint density at radius 2 is 2.11 bits per heavy atom. The lowest BCUT2D eigenvalue weighted by Crippen LogP contribution is -2.27. The van der Waals surface area contributed by atoms with Crippen LogP contribution in [-0.4, -0.2) is 30.1 Å². The Morgan fingerprint density at radius 3 is 2.78 bits per heavy atom. The molecule has 2 fully saturated rings. The highest BCUT2D eigenvalue weighted by molar-refractivity contribution is 4.99. The third kappa shape index (κ3) is 3.85. The van der Waals surface area contributed by atoms with Crippen LogP contribution in [0.2, 0.25) is 0 Å². The van der Waals surface area contributed by atoms with Gasteiger partial charge in [0.05, 0.1) is 12.8 Å². The van der Waals surface area contributed by atoms with Crippen LogP contribution in [0.15, 0.2) is 22.8 Å². The quantitative estimate of drug-likeness (QED) is 0.681. The normalized spacial score (nSPS) is 19.6. The third-order valence-electron chi connectivity index (χ3n) is 3.88. The molecule has 2 aliphatic rings. The van der Waals surface area contributed by atoms with Crippen molar-refractivity contribution >= 4 is 0 Å². The topological polar surface area (TPSA) is 28.4 Å². The third-order valence-corrected chi connectivity index (χ3v) is 3.88. The summed E-state index contributed by atoms with van der Waals surface area (Å²) in [6.45, 7) is 3.41. The fourth-order valence-electron chi connectivity index (χ4n) is 2.47. The highest BCUT2D eigenvalue weighted by Crippen LogP contribution is 2.28. The zero-order valence-corrected chi connectivity index (χ0v) is 11.1. The Kier molecular flexibility index (Phi) is 4.01. The van der Waals surface area contributed by atoms with E-state index >= 15 is 0 Å². The summed E-state index contributed by atoms with van der Waals surface area (Å²) in [5.41, 5.74) is 0. The molecule has 0 aliphatic heterocycles. The van der Waals surface area contributed by atoms with Crippen molar-refractivity contribution in [3.63, 3.8) is 0 Å². The Morgan fingerprint density at radius 1 is 1.22 bits per heavy atom. The van der Waals surface area contributed by atoms with Crippen LogP contribution < -0.4 is 5.32 Å². The summed E-state index contributed by atoms with van der Waals surface area (Å²) in [5, 5.41) is 3.58. The minimum atomic E-state index is 0.825. The van der Waals surface area contributed by atoms with Gasteiger partial charge in [-0.1, -0.05) is 0 Å². The van der Waals surface area contributed by atoms with Crippen molar-refractivity contribution in [2.24, 2.45) is 0 Å². The van der Waals surface area contributed by atoms with E-state index in [1.807, 2.05) is 6.07 Å². The van der Waals surface area contributed by atoms with Gasteiger partial charge in [0.1, 0.15) is 5.76 Å². The number of unbranched alkanes of at least 4 members (excludes halogenated alkanes) is 1. The number of hydrogen-bond acceptors (Lipinski definition) is 3. The molecule has 0 atom stereocenters. The van der Waals surface area contributed by atoms with Crippen molar-refractivity contribution in [3.8, 4) is 0 Å². The zero-order chi connectivity index (χ0) is 12.2. The van der Waals surface area contributed by atoms with E-state index < -0.39 is 0 Å². The number of nitrogens with one attached hydrogen (secondary N) is 1. The van der Waals surface area contributed by atoms with Gasteiger partial charge in [0, 0.05) is 12.1 Å². The van der Waals surface area contributed by atoms with Gasteiger partial charge in [-0.3, -0.25) is 4.90 Å². The Balaban J connectivity index is 1.34. The van der Waals surface area contributed by atoms with E-state index in [-0.39, 0.29) is 0 Å². The molecule has 2 saturated carbocycles. The number of furan rings is 1. The average molecular weight is 248 g/mol. The van der Waals surface area contributed by atoms with Gasteiger partial charge in [-0.15, -0.1) is 0 Å². The highest BCUT2D eigenvalue weighted by Gasteiger charge is 2.29. The van der Waals surface area contributed by atoms with Crippen molar-refractivity contribution in [2.45, 2.75) is 57.2 Å². The molecule has 0 spiro atoms. The van der Waals surface area contributed by atoms with E-state index in [0.29, 0.717) is 0 Å². The SMILES string of the molecule is c1coc(CN(CCCCNC2CC2)C2CC2)c1. The van der Waals surface area contributed by atoms with Crippen molar-refractivity contribution in [1.29, 1.82) is 0 Å². The predicted octanol–water partition coefficient (Wildman–Crippen LogP) is 2.78. The average Bonchev–Trinajstić information content (AvgIpc) is 3.29. The minimum absolute atomic E-state index is 0.825. The lowest BCUT2D eigenvalue weighted by molar-refractivity contribution is 0.229. The molecule has 1 N–H and O–H groups in total. The van der Waals surface area contributed by atoms with Gasteiger partial charge in [-0.25, -0.2) is 0 Å². The lowest BCUT2D eigenvalue weighted by Gasteiger charge is -2.20. The molecular weight excluding hydrogens is 224 g/mol. The van der Waals surface area contributed by atoms with Crippen molar-refractivity contribution in [3.05, 3.63) is 24.2 Å². The maximum atomic E-state index is 5.46. The number of nitrogens with zero attached hydrogens (tertiary/aromatic N) is 1. The molecule has 2 aliphatic carbocycles. The second-order valence-corrected chi connectivity index (χ2v) is 5.72. The first-order valence-electron chi connectivity index (χ1n) is 7.41. The fourth-order valence-corrected chi connectivity index (χ4v) is 2.47. The van der Waals surface area contributed by atoms with Gasteiger partial charge in [-0.2, -0.15) is 0 Å². The van der Waals surface area contributed by atoms with E-state index in [0.717, 1.165) is 24.4 Å². The molecule has 0 unspecified atom stereocenters. The molecule has 1 aromatic rings. The number of rotatable bonds is 9. The predicted molar refractivity (Wildman–Crippen MR) is 72.4 cm³/mol. The molecule has 0 amide bonds. The summed E-state index contributed by atoms with van der Waals surface area (Å²) in [6.07, 6.45) is 9.93. The molecule has 0 bridgehead atoms.